The molecule has 6 heteroatoms. The summed E-state index contributed by atoms with van der Waals surface area (Å²) < 4.78 is 4.99. The predicted molar refractivity (Wildman–Crippen MR) is 100 cm³/mol. The first kappa shape index (κ1) is 19.2. The van der Waals surface area contributed by atoms with Crippen LogP contribution < -0.4 is 15.4 Å². The van der Waals surface area contributed by atoms with Gasteiger partial charge in [-0.25, -0.2) is 0 Å². The highest BCUT2D eigenvalue weighted by Gasteiger charge is 2.12. The number of esters is 1. The summed E-state index contributed by atoms with van der Waals surface area (Å²) in [7, 11) is 0. The fourth-order valence-electron chi connectivity index (χ4n) is 2.33. The number of hydrogen-bond acceptors (Lipinski definition) is 4. The minimum atomic E-state index is -0.458. The van der Waals surface area contributed by atoms with Crippen LogP contribution in [-0.4, -0.2) is 17.8 Å². The van der Waals surface area contributed by atoms with Gasteiger partial charge in [0.25, 0.3) is 5.91 Å². The number of para-hydroxylation sites is 2. The van der Waals surface area contributed by atoms with Crippen LogP contribution in [0.2, 0.25) is 0 Å². The van der Waals surface area contributed by atoms with E-state index in [2.05, 4.69) is 10.6 Å². The van der Waals surface area contributed by atoms with Gasteiger partial charge in [0.1, 0.15) is 5.75 Å². The Morgan fingerprint density at radius 2 is 1.62 bits per heavy atom. The number of ether oxygens (including phenoxy) is 1. The van der Waals surface area contributed by atoms with Crippen LogP contribution in [-0.2, 0) is 9.59 Å². The van der Waals surface area contributed by atoms with E-state index in [-0.39, 0.29) is 17.7 Å². The first-order valence-corrected chi connectivity index (χ1v) is 8.34. The van der Waals surface area contributed by atoms with E-state index in [1.807, 2.05) is 13.8 Å². The van der Waals surface area contributed by atoms with Gasteiger partial charge in [-0.3, -0.25) is 14.4 Å². The van der Waals surface area contributed by atoms with Crippen molar-refractivity contribution in [2.45, 2.75) is 27.2 Å². The molecule has 0 radical (unpaired) electrons. The van der Waals surface area contributed by atoms with Gasteiger partial charge in [0.15, 0.2) is 0 Å². The molecule has 6 nitrogen and oxygen atoms in total. The molecule has 0 saturated carbocycles. The Morgan fingerprint density at radius 3 is 2.23 bits per heavy atom. The number of carbonyl (C=O) groups is 3. The van der Waals surface area contributed by atoms with E-state index in [0.29, 0.717) is 29.1 Å². The highest BCUT2D eigenvalue weighted by atomic mass is 16.5. The van der Waals surface area contributed by atoms with Gasteiger partial charge in [-0.05, 0) is 36.2 Å². The van der Waals surface area contributed by atoms with Crippen LogP contribution in [0.25, 0.3) is 0 Å². The van der Waals surface area contributed by atoms with Crippen molar-refractivity contribution in [3.8, 4) is 5.75 Å². The second kappa shape index (κ2) is 8.80. The standard InChI is InChI=1S/C20H22N2O4/c1-13(2)11-19(24)21-17-9-4-5-10-18(17)22-20(25)15-7-6-8-16(12-15)26-14(3)23/h4-10,12-13H,11H2,1-3H3,(H,21,24)(H,22,25). The number of amides is 2. The Balaban J connectivity index is 2.14. The van der Waals surface area contributed by atoms with Crippen molar-refractivity contribution in [2.24, 2.45) is 5.92 Å². The minimum absolute atomic E-state index is 0.112. The van der Waals surface area contributed by atoms with Gasteiger partial charge in [-0.2, -0.15) is 0 Å². The second-order valence-corrected chi connectivity index (χ2v) is 6.27. The second-order valence-electron chi connectivity index (χ2n) is 6.27. The number of rotatable bonds is 6. The van der Waals surface area contributed by atoms with Crippen molar-refractivity contribution in [2.75, 3.05) is 10.6 Å². The molecule has 0 aliphatic carbocycles. The Hall–Kier alpha value is -3.15. The maximum absolute atomic E-state index is 12.5. The normalized spacial score (nSPS) is 10.3. The van der Waals surface area contributed by atoms with Crippen molar-refractivity contribution < 1.29 is 19.1 Å². The fraction of sp³-hybridized carbons (Fsp3) is 0.250. The molecule has 0 bridgehead atoms. The van der Waals surface area contributed by atoms with Crippen LogP contribution in [0.3, 0.4) is 0 Å². The monoisotopic (exact) mass is 354 g/mol. The molecule has 2 aromatic carbocycles. The van der Waals surface area contributed by atoms with E-state index >= 15 is 0 Å². The first-order chi connectivity index (χ1) is 12.3. The Kier molecular flexibility index (Phi) is 6.49. The van der Waals surface area contributed by atoms with Crippen LogP contribution in [0.15, 0.2) is 48.5 Å². The number of nitrogens with one attached hydrogen (secondary N) is 2. The zero-order valence-corrected chi connectivity index (χ0v) is 15.0. The lowest BCUT2D eigenvalue weighted by Gasteiger charge is -2.13. The summed E-state index contributed by atoms with van der Waals surface area (Å²) in [5.74, 6) is -0.409. The number of hydrogen-bond donors (Lipinski definition) is 2. The quantitative estimate of drug-likeness (QED) is 0.609. The summed E-state index contributed by atoms with van der Waals surface area (Å²) in [6, 6.07) is 13.3. The van der Waals surface area contributed by atoms with Crippen LogP contribution in [0.1, 0.15) is 37.6 Å². The molecule has 2 N–H and O–H groups in total. The zero-order valence-electron chi connectivity index (χ0n) is 15.0. The number of benzene rings is 2. The average molecular weight is 354 g/mol. The largest absolute Gasteiger partial charge is 0.427 e. The van der Waals surface area contributed by atoms with E-state index in [0.717, 1.165) is 0 Å². The van der Waals surface area contributed by atoms with Gasteiger partial charge < -0.3 is 15.4 Å². The van der Waals surface area contributed by atoms with E-state index in [4.69, 9.17) is 4.74 Å². The molecule has 0 aliphatic rings. The molecule has 0 atom stereocenters. The van der Waals surface area contributed by atoms with Crippen molar-refractivity contribution in [1.82, 2.24) is 0 Å². The molecule has 2 amide bonds. The molecule has 0 saturated heterocycles. The molecule has 0 aliphatic heterocycles. The lowest BCUT2D eigenvalue weighted by molar-refractivity contribution is -0.131. The van der Waals surface area contributed by atoms with Crippen LogP contribution >= 0.6 is 0 Å². The van der Waals surface area contributed by atoms with Gasteiger partial charge in [-0.1, -0.05) is 32.0 Å². The SMILES string of the molecule is CC(=O)Oc1cccc(C(=O)Nc2ccccc2NC(=O)CC(C)C)c1. The van der Waals surface area contributed by atoms with Crippen molar-refractivity contribution in [1.29, 1.82) is 0 Å². The summed E-state index contributed by atoms with van der Waals surface area (Å²) in [6.45, 7) is 5.22. The summed E-state index contributed by atoms with van der Waals surface area (Å²) in [5, 5.41) is 5.59. The lowest BCUT2D eigenvalue weighted by atomic mass is 10.1. The predicted octanol–water partition coefficient (Wildman–Crippen LogP) is 3.85. The van der Waals surface area contributed by atoms with E-state index in [9.17, 15) is 14.4 Å². The molecule has 26 heavy (non-hydrogen) atoms. The summed E-state index contributed by atoms with van der Waals surface area (Å²) >= 11 is 0. The third kappa shape index (κ3) is 5.73. The molecule has 0 aromatic heterocycles. The molecule has 136 valence electrons. The highest BCUT2D eigenvalue weighted by Crippen LogP contribution is 2.23. The summed E-state index contributed by atoms with van der Waals surface area (Å²) in [5.41, 5.74) is 1.36. The topological polar surface area (TPSA) is 84.5 Å². The Morgan fingerprint density at radius 1 is 0.962 bits per heavy atom. The molecular weight excluding hydrogens is 332 g/mol. The number of anilines is 2. The molecule has 0 heterocycles. The highest BCUT2D eigenvalue weighted by molar-refractivity contribution is 6.07. The van der Waals surface area contributed by atoms with Gasteiger partial charge in [-0.15, -0.1) is 0 Å². The summed E-state index contributed by atoms with van der Waals surface area (Å²) in [4.78, 5) is 35.6. The van der Waals surface area contributed by atoms with Crippen LogP contribution in [0, 0.1) is 5.92 Å². The maximum atomic E-state index is 12.5. The average Bonchev–Trinajstić information content (AvgIpc) is 2.55. The third-order valence-corrected chi connectivity index (χ3v) is 3.40. The minimum Gasteiger partial charge on any atom is -0.427 e. The van der Waals surface area contributed by atoms with Gasteiger partial charge in [0, 0.05) is 18.9 Å². The first-order valence-electron chi connectivity index (χ1n) is 8.34. The molecule has 0 spiro atoms. The number of carbonyl (C=O) groups excluding carboxylic acids is 3. The third-order valence-electron chi connectivity index (χ3n) is 3.40. The zero-order chi connectivity index (χ0) is 19.1. The van der Waals surface area contributed by atoms with Crippen molar-refractivity contribution in [3.63, 3.8) is 0 Å². The molecule has 2 aromatic rings. The van der Waals surface area contributed by atoms with Gasteiger partial charge in [0.05, 0.1) is 11.4 Å². The van der Waals surface area contributed by atoms with E-state index in [1.54, 1.807) is 42.5 Å². The van der Waals surface area contributed by atoms with Crippen molar-refractivity contribution >= 4 is 29.2 Å². The summed E-state index contributed by atoms with van der Waals surface area (Å²) in [6.07, 6.45) is 0.396. The molecule has 2 rings (SSSR count). The van der Waals surface area contributed by atoms with Gasteiger partial charge in [0.2, 0.25) is 5.91 Å². The molecule has 0 unspecified atom stereocenters. The van der Waals surface area contributed by atoms with E-state index < -0.39 is 5.97 Å². The maximum Gasteiger partial charge on any atom is 0.308 e. The van der Waals surface area contributed by atoms with Gasteiger partial charge >= 0.3 is 5.97 Å². The lowest BCUT2D eigenvalue weighted by Crippen LogP contribution is -2.17. The van der Waals surface area contributed by atoms with Crippen molar-refractivity contribution in [3.05, 3.63) is 54.1 Å². The van der Waals surface area contributed by atoms with Crippen LogP contribution in [0.5, 0.6) is 5.75 Å². The van der Waals surface area contributed by atoms with E-state index in [1.165, 1.54) is 13.0 Å². The Labute approximate surface area is 152 Å². The Bertz CT molecular complexity index is 815. The smallest absolute Gasteiger partial charge is 0.308 e. The molecular formula is C20H22N2O4. The molecule has 0 fully saturated rings. The van der Waals surface area contributed by atoms with Crippen LogP contribution in [0.4, 0.5) is 11.4 Å². The fourth-order valence-corrected chi connectivity index (χ4v) is 2.33.